The Bertz CT molecular complexity index is 758. The van der Waals surface area contributed by atoms with Gasteiger partial charge in [-0.1, -0.05) is 18.2 Å². The zero-order valence-electron chi connectivity index (χ0n) is 16.6. The van der Waals surface area contributed by atoms with Crippen molar-refractivity contribution in [1.82, 2.24) is 9.80 Å². The summed E-state index contributed by atoms with van der Waals surface area (Å²) in [6.07, 6.45) is 0.971. The lowest BCUT2D eigenvalue weighted by molar-refractivity contribution is 0.0630. The normalized spacial score (nSPS) is 14.6. The predicted molar refractivity (Wildman–Crippen MR) is 108 cm³/mol. The average Bonchev–Trinajstić information content (AvgIpc) is 2.77. The Balaban J connectivity index is 1.42. The number of methoxy groups -OCH3 is 2. The highest BCUT2D eigenvalue weighted by Crippen LogP contribution is 2.28. The Morgan fingerprint density at radius 1 is 0.929 bits per heavy atom. The van der Waals surface area contributed by atoms with Gasteiger partial charge in [0.25, 0.3) is 5.91 Å². The van der Waals surface area contributed by atoms with Gasteiger partial charge >= 0.3 is 0 Å². The maximum atomic E-state index is 12.8. The van der Waals surface area contributed by atoms with E-state index in [0.29, 0.717) is 23.7 Å². The van der Waals surface area contributed by atoms with E-state index in [-0.39, 0.29) is 5.91 Å². The first kappa shape index (κ1) is 20.0. The smallest absolute Gasteiger partial charge is 0.254 e. The van der Waals surface area contributed by atoms with Gasteiger partial charge in [0.2, 0.25) is 0 Å². The number of carbonyl (C=O) groups is 1. The molecular weight excluding hydrogens is 356 g/mol. The zero-order chi connectivity index (χ0) is 19.8. The molecule has 0 N–H and O–H groups in total. The third-order valence-electron chi connectivity index (χ3n) is 4.92. The molecule has 3 rings (SSSR count). The summed E-state index contributed by atoms with van der Waals surface area (Å²) in [5.74, 6) is 2.15. The van der Waals surface area contributed by atoms with E-state index in [1.165, 1.54) is 0 Å². The summed E-state index contributed by atoms with van der Waals surface area (Å²) < 4.78 is 16.3. The molecular formula is C22H28N2O4. The molecule has 1 amide bonds. The van der Waals surface area contributed by atoms with Gasteiger partial charge < -0.3 is 19.1 Å². The topological polar surface area (TPSA) is 51.2 Å². The van der Waals surface area contributed by atoms with Crippen molar-refractivity contribution in [2.75, 3.05) is 53.6 Å². The molecule has 0 aliphatic carbocycles. The Morgan fingerprint density at radius 2 is 1.64 bits per heavy atom. The minimum absolute atomic E-state index is 0.0352. The summed E-state index contributed by atoms with van der Waals surface area (Å²) in [4.78, 5) is 17.1. The van der Waals surface area contributed by atoms with Crippen molar-refractivity contribution in [3.8, 4) is 17.2 Å². The van der Waals surface area contributed by atoms with E-state index in [2.05, 4.69) is 4.90 Å². The van der Waals surface area contributed by atoms with E-state index >= 15 is 0 Å². The third-order valence-corrected chi connectivity index (χ3v) is 4.92. The molecule has 0 atom stereocenters. The molecule has 0 saturated carbocycles. The van der Waals surface area contributed by atoms with Gasteiger partial charge in [0, 0.05) is 38.3 Å². The van der Waals surface area contributed by atoms with Crippen LogP contribution in [0.5, 0.6) is 17.2 Å². The lowest BCUT2D eigenvalue weighted by atomic mass is 10.1. The van der Waals surface area contributed by atoms with E-state index < -0.39 is 0 Å². The zero-order valence-corrected chi connectivity index (χ0v) is 16.6. The van der Waals surface area contributed by atoms with Gasteiger partial charge in [-0.05, 0) is 36.8 Å². The van der Waals surface area contributed by atoms with Crippen molar-refractivity contribution >= 4 is 5.91 Å². The van der Waals surface area contributed by atoms with Crippen molar-refractivity contribution in [2.45, 2.75) is 6.42 Å². The van der Waals surface area contributed by atoms with Crippen molar-refractivity contribution in [3.63, 3.8) is 0 Å². The highest BCUT2D eigenvalue weighted by molar-refractivity contribution is 5.95. The molecule has 1 heterocycles. The highest BCUT2D eigenvalue weighted by atomic mass is 16.5. The summed E-state index contributed by atoms with van der Waals surface area (Å²) >= 11 is 0. The van der Waals surface area contributed by atoms with Crippen molar-refractivity contribution in [2.24, 2.45) is 0 Å². The van der Waals surface area contributed by atoms with Gasteiger partial charge in [-0.2, -0.15) is 0 Å². The van der Waals surface area contributed by atoms with E-state index in [1.54, 1.807) is 32.4 Å². The van der Waals surface area contributed by atoms with Crippen LogP contribution in [0.4, 0.5) is 0 Å². The van der Waals surface area contributed by atoms with Gasteiger partial charge in [0.15, 0.2) is 11.5 Å². The minimum atomic E-state index is 0.0352. The summed E-state index contributed by atoms with van der Waals surface area (Å²) in [6, 6.07) is 15.2. The SMILES string of the molecule is COc1ccc(C(=O)N2CCN(CCCOc3ccccc3)CC2)cc1OC. The fourth-order valence-electron chi connectivity index (χ4n) is 3.32. The van der Waals surface area contributed by atoms with E-state index in [4.69, 9.17) is 14.2 Å². The number of para-hydroxylation sites is 1. The van der Waals surface area contributed by atoms with E-state index in [1.807, 2.05) is 35.2 Å². The molecule has 1 fully saturated rings. The maximum Gasteiger partial charge on any atom is 0.254 e. The van der Waals surface area contributed by atoms with Gasteiger partial charge in [-0.25, -0.2) is 0 Å². The van der Waals surface area contributed by atoms with Crippen LogP contribution in [0.15, 0.2) is 48.5 Å². The van der Waals surface area contributed by atoms with Crippen LogP contribution in [-0.4, -0.2) is 69.3 Å². The van der Waals surface area contributed by atoms with Crippen LogP contribution in [0.25, 0.3) is 0 Å². The molecule has 2 aromatic rings. The van der Waals surface area contributed by atoms with Crippen LogP contribution in [0, 0.1) is 0 Å². The number of hydrogen-bond acceptors (Lipinski definition) is 5. The molecule has 0 unspecified atom stereocenters. The van der Waals surface area contributed by atoms with Crippen molar-refractivity contribution in [3.05, 3.63) is 54.1 Å². The molecule has 150 valence electrons. The van der Waals surface area contributed by atoms with E-state index in [0.717, 1.165) is 44.9 Å². The monoisotopic (exact) mass is 384 g/mol. The number of hydrogen-bond donors (Lipinski definition) is 0. The Morgan fingerprint density at radius 3 is 2.32 bits per heavy atom. The van der Waals surface area contributed by atoms with Crippen LogP contribution < -0.4 is 14.2 Å². The van der Waals surface area contributed by atoms with Gasteiger partial charge in [0.1, 0.15) is 5.75 Å². The Hall–Kier alpha value is -2.73. The summed E-state index contributed by atoms with van der Waals surface area (Å²) in [5.41, 5.74) is 0.627. The standard InChI is InChI=1S/C22H28N2O4/c1-26-20-10-9-18(17-21(20)27-2)22(25)24-14-12-23(13-15-24)11-6-16-28-19-7-4-3-5-8-19/h3-5,7-10,17H,6,11-16H2,1-2H3. The minimum Gasteiger partial charge on any atom is -0.494 e. The van der Waals surface area contributed by atoms with Crippen LogP contribution in [0.1, 0.15) is 16.8 Å². The van der Waals surface area contributed by atoms with Crippen LogP contribution in [0.2, 0.25) is 0 Å². The summed E-state index contributed by atoms with van der Waals surface area (Å²) in [5, 5.41) is 0. The quantitative estimate of drug-likeness (QED) is 0.655. The van der Waals surface area contributed by atoms with Crippen LogP contribution >= 0.6 is 0 Å². The molecule has 0 bridgehead atoms. The van der Waals surface area contributed by atoms with Crippen molar-refractivity contribution < 1.29 is 19.0 Å². The number of amides is 1. The molecule has 28 heavy (non-hydrogen) atoms. The third kappa shape index (κ3) is 5.16. The maximum absolute atomic E-state index is 12.8. The first-order valence-electron chi connectivity index (χ1n) is 9.63. The summed E-state index contributed by atoms with van der Waals surface area (Å²) in [7, 11) is 3.16. The molecule has 0 radical (unpaired) electrons. The molecule has 1 aliphatic heterocycles. The second-order valence-electron chi connectivity index (χ2n) is 6.72. The second-order valence-corrected chi connectivity index (χ2v) is 6.72. The van der Waals surface area contributed by atoms with Gasteiger partial charge in [-0.3, -0.25) is 9.69 Å². The largest absolute Gasteiger partial charge is 0.494 e. The molecule has 6 heteroatoms. The first-order chi connectivity index (χ1) is 13.7. The highest BCUT2D eigenvalue weighted by Gasteiger charge is 2.22. The molecule has 1 saturated heterocycles. The predicted octanol–water partition coefficient (Wildman–Crippen LogP) is 2.93. The fraction of sp³-hybridized carbons (Fsp3) is 0.409. The number of piperazine rings is 1. The van der Waals surface area contributed by atoms with Gasteiger partial charge in [-0.15, -0.1) is 0 Å². The Kier molecular flexibility index (Phi) is 7.14. The second kappa shape index (κ2) is 9.99. The average molecular weight is 384 g/mol. The fourth-order valence-corrected chi connectivity index (χ4v) is 3.32. The molecule has 2 aromatic carbocycles. The number of ether oxygens (including phenoxy) is 3. The molecule has 0 aromatic heterocycles. The van der Waals surface area contributed by atoms with Crippen molar-refractivity contribution in [1.29, 1.82) is 0 Å². The number of rotatable bonds is 8. The summed E-state index contributed by atoms with van der Waals surface area (Å²) in [6.45, 7) is 4.90. The number of carbonyl (C=O) groups excluding carboxylic acids is 1. The van der Waals surface area contributed by atoms with Crippen LogP contribution in [0.3, 0.4) is 0 Å². The van der Waals surface area contributed by atoms with Crippen LogP contribution in [-0.2, 0) is 0 Å². The Labute approximate surface area is 166 Å². The van der Waals surface area contributed by atoms with Gasteiger partial charge in [0.05, 0.1) is 20.8 Å². The number of nitrogens with zero attached hydrogens (tertiary/aromatic N) is 2. The molecule has 0 spiro atoms. The number of benzene rings is 2. The molecule has 6 nitrogen and oxygen atoms in total. The lowest BCUT2D eigenvalue weighted by Gasteiger charge is -2.34. The lowest BCUT2D eigenvalue weighted by Crippen LogP contribution is -2.49. The first-order valence-corrected chi connectivity index (χ1v) is 9.63. The van der Waals surface area contributed by atoms with E-state index in [9.17, 15) is 4.79 Å². The molecule has 1 aliphatic rings.